The minimum absolute atomic E-state index is 0.0388. The standard InChI is InChI=1S/C24H32N4O3/c1-18-7-6-8-20-22(18)25-17-28(24(20)31)16-11-21(29)26-14-9-19(10-15-26)23(30)27-12-4-2-3-5-13-27/h6-8,17,19H,2-5,9-16H2,1H3. The molecule has 0 unspecified atom stereocenters. The molecule has 166 valence electrons. The molecule has 0 saturated carbocycles. The van der Waals surface area contributed by atoms with Crippen LogP contribution in [0.3, 0.4) is 0 Å². The van der Waals surface area contributed by atoms with E-state index >= 15 is 0 Å². The molecule has 2 fully saturated rings. The molecule has 2 aliphatic rings. The number of nitrogens with zero attached hydrogens (tertiary/aromatic N) is 4. The van der Waals surface area contributed by atoms with E-state index in [9.17, 15) is 14.4 Å². The Morgan fingerprint density at radius 2 is 1.71 bits per heavy atom. The van der Waals surface area contributed by atoms with Gasteiger partial charge in [0.25, 0.3) is 5.56 Å². The summed E-state index contributed by atoms with van der Waals surface area (Å²) in [6.45, 7) is 5.25. The van der Waals surface area contributed by atoms with Gasteiger partial charge in [-0.25, -0.2) is 4.98 Å². The van der Waals surface area contributed by atoms with Gasteiger partial charge in [0.2, 0.25) is 11.8 Å². The number of aryl methyl sites for hydroxylation is 2. The van der Waals surface area contributed by atoms with E-state index in [1.54, 1.807) is 6.07 Å². The van der Waals surface area contributed by atoms with Gasteiger partial charge in [-0.3, -0.25) is 19.0 Å². The van der Waals surface area contributed by atoms with E-state index in [4.69, 9.17) is 0 Å². The molecular formula is C24H32N4O3. The summed E-state index contributed by atoms with van der Waals surface area (Å²) in [6, 6.07) is 5.57. The van der Waals surface area contributed by atoms with Gasteiger partial charge in [0.15, 0.2) is 0 Å². The lowest BCUT2D eigenvalue weighted by molar-refractivity contribution is -0.140. The number of carbonyl (C=O) groups is 2. The Morgan fingerprint density at radius 3 is 2.42 bits per heavy atom. The molecule has 1 aromatic heterocycles. The van der Waals surface area contributed by atoms with E-state index in [0.29, 0.717) is 30.5 Å². The molecule has 0 N–H and O–H groups in total. The van der Waals surface area contributed by atoms with Crippen LogP contribution in [0.4, 0.5) is 0 Å². The third kappa shape index (κ3) is 4.81. The minimum Gasteiger partial charge on any atom is -0.343 e. The van der Waals surface area contributed by atoms with Crippen molar-refractivity contribution in [2.75, 3.05) is 26.2 Å². The van der Waals surface area contributed by atoms with Crippen molar-refractivity contribution in [2.45, 2.75) is 58.4 Å². The van der Waals surface area contributed by atoms with Crippen LogP contribution >= 0.6 is 0 Å². The zero-order valence-electron chi connectivity index (χ0n) is 18.4. The number of likely N-dealkylation sites (tertiary alicyclic amines) is 2. The van der Waals surface area contributed by atoms with Crippen LogP contribution in [0.15, 0.2) is 29.3 Å². The Bertz CT molecular complexity index is 1000. The first-order chi connectivity index (χ1) is 15.0. The molecule has 1 aromatic carbocycles. The number of aromatic nitrogens is 2. The minimum atomic E-state index is -0.108. The molecule has 0 bridgehead atoms. The fraction of sp³-hybridized carbons (Fsp3) is 0.583. The lowest BCUT2D eigenvalue weighted by Gasteiger charge is -2.34. The lowest BCUT2D eigenvalue weighted by Crippen LogP contribution is -2.45. The number of piperidine rings is 1. The van der Waals surface area contributed by atoms with E-state index in [2.05, 4.69) is 4.98 Å². The van der Waals surface area contributed by atoms with Gasteiger partial charge in [0.1, 0.15) is 0 Å². The Kier molecular flexibility index (Phi) is 6.68. The molecule has 2 saturated heterocycles. The smallest absolute Gasteiger partial charge is 0.261 e. The number of amides is 2. The molecule has 4 rings (SSSR count). The monoisotopic (exact) mass is 424 g/mol. The van der Waals surface area contributed by atoms with Crippen LogP contribution in [0.25, 0.3) is 10.9 Å². The second-order valence-corrected chi connectivity index (χ2v) is 8.86. The molecule has 31 heavy (non-hydrogen) atoms. The highest BCUT2D eigenvalue weighted by molar-refractivity contribution is 5.81. The second-order valence-electron chi connectivity index (χ2n) is 8.86. The number of para-hydroxylation sites is 1. The van der Waals surface area contributed by atoms with Gasteiger partial charge >= 0.3 is 0 Å². The van der Waals surface area contributed by atoms with Crippen molar-refractivity contribution >= 4 is 22.7 Å². The molecule has 3 heterocycles. The highest BCUT2D eigenvalue weighted by Gasteiger charge is 2.30. The first-order valence-corrected chi connectivity index (χ1v) is 11.6. The van der Waals surface area contributed by atoms with Crippen LogP contribution in [0, 0.1) is 12.8 Å². The average Bonchev–Trinajstić information content (AvgIpc) is 3.08. The molecule has 2 aromatic rings. The summed E-state index contributed by atoms with van der Waals surface area (Å²) in [5.74, 6) is 0.354. The van der Waals surface area contributed by atoms with Gasteiger partial charge < -0.3 is 9.80 Å². The van der Waals surface area contributed by atoms with Crippen molar-refractivity contribution in [3.05, 3.63) is 40.4 Å². The van der Waals surface area contributed by atoms with Gasteiger partial charge in [-0.05, 0) is 44.2 Å². The number of rotatable bonds is 4. The van der Waals surface area contributed by atoms with Crippen LogP contribution in [0.5, 0.6) is 0 Å². The van der Waals surface area contributed by atoms with Crippen LogP contribution in [0.1, 0.15) is 50.5 Å². The average molecular weight is 425 g/mol. The molecule has 0 atom stereocenters. The summed E-state index contributed by atoms with van der Waals surface area (Å²) >= 11 is 0. The Hall–Kier alpha value is -2.70. The zero-order valence-corrected chi connectivity index (χ0v) is 18.4. The van der Waals surface area contributed by atoms with E-state index in [1.807, 2.05) is 28.9 Å². The quantitative estimate of drug-likeness (QED) is 0.756. The number of fused-ring (bicyclic) bond motifs is 1. The maximum Gasteiger partial charge on any atom is 0.261 e. The fourth-order valence-corrected chi connectivity index (χ4v) is 4.80. The maximum absolute atomic E-state index is 12.8. The molecule has 7 nitrogen and oxygen atoms in total. The van der Waals surface area contributed by atoms with Crippen LogP contribution in [-0.2, 0) is 16.1 Å². The molecule has 0 aliphatic carbocycles. The first kappa shape index (κ1) is 21.5. The van der Waals surface area contributed by atoms with E-state index in [0.717, 1.165) is 44.3 Å². The number of benzene rings is 1. The first-order valence-electron chi connectivity index (χ1n) is 11.6. The van der Waals surface area contributed by atoms with Crippen LogP contribution in [-0.4, -0.2) is 57.3 Å². The lowest BCUT2D eigenvalue weighted by atomic mass is 9.95. The highest BCUT2D eigenvalue weighted by Crippen LogP contribution is 2.22. The van der Waals surface area contributed by atoms with Crippen molar-refractivity contribution < 1.29 is 9.59 Å². The van der Waals surface area contributed by atoms with Gasteiger partial charge in [0, 0.05) is 45.1 Å². The summed E-state index contributed by atoms with van der Waals surface area (Å²) in [5.41, 5.74) is 1.57. The second kappa shape index (κ2) is 9.62. The highest BCUT2D eigenvalue weighted by atomic mass is 16.2. The SMILES string of the molecule is Cc1cccc2c(=O)n(CCC(=O)N3CCC(C(=O)N4CCCCCC4)CC3)cnc12. The van der Waals surface area contributed by atoms with Gasteiger partial charge in [-0.2, -0.15) is 0 Å². The van der Waals surface area contributed by atoms with Crippen molar-refractivity contribution in [3.8, 4) is 0 Å². The molecule has 2 amide bonds. The third-order valence-corrected chi connectivity index (χ3v) is 6.74. The predicted octanol–water partition coefficient (Wildman–Crippen LogP) is 2.74. The van der Waals surface area contributed by atoms with Gasteiger partial charge in [-0.1, -0.05) is 25.0 Å². The number of hydrogen-bond donors (Lipinski definition) is 0. The molecule has 0 spiro atoms. The zero-order chi connectivity index (χ0) is 21.8. The summed E-state index contributed by atoms with van der Waals surface area (Å²) in [4.78, 5) is 46.6. The van der Waals surface area contributed by atoms with Gasteiger partial charge in [-0.15, -0.1) is 0 Å². The largest absolute Gasteiger partial charge is 0.343 e. The maximum atomic E-state index is 12.8. The Morgan fingerprint density at radius 1 is 1.00 bits per heavy atom. The summed E-state index contributed by atoms with van der Waals surface area (Å²) in [5, 5.41) is 0.586. The summed E-state index contributed by atoms with van der Waals surface area (Å²) in [6.07, 6.45) is 7.91. The third-order valence-electron chi connectivity index (χ3n) is 6.74. The van der Waals surface area contributed by atoms with Crippen LogP contribution < -0.4 is 5.56 Å². The normalized spacial score (nSPS) is 18.2. The molecular weight excluding hydrogens is 392 g/mol. The van der Waals surface area contributed by atoms with Crippen molar-refractivity contribution in [2.24, 2.45) is 5.92 Å². The fourth-order valence-electron chi connectivity index (χ4n) is 4.80. The van der Waals surface area contributed by atoms with Gasteiger partial charge in [0.05, 0.1) is 17.2 Å². The summed E-state index contributed by atoms with van der Waals surface area (Å²) in [7, 11) is 0. The van der Waals surface area contributed by atoms with E-state index < -0.39 is 0 Å². The topological polar surface area (TPSA) is 75.5 Å². The molecule has 7 heteroatoms. The molecule has 2 aliphatic heterocycles. The van der Waals surface area contributed by atoms with E-state index in [1.165, 1.54) is 23.7 Å². The number of carbonyl (C=O) groups excluding carboxylic acids is 2. The number of hydrogen-bond acceptors (Lipinski definition) is 4. The van der Waals surface area contributed by atoms with E-state index in [-0.39, 0.29) is 29.7 Å². The summed E-state index contributed by atoms with van der Waals surface area (Å²) < 4.78 is 1.52. The predicted molar refractivity (Wildman–Crippen MR) is 120 cm³/mol. The van der Waals surface area contributed by atoms with Crippen LogP contribution in [0.2, 0.25) is 0 Å². The van der Waals surface area contributed by atoms with Crippen molar-refractivity contribution in [1.29, 1.82) is 0 Å². The van der Waals surface area contributed by atoms with Crippen molar-refractivity contribution in [3.63, 3.8) is 0 Å². The molecule has 0 radical (unpaired) electrons. The van der Waals surface area contributed by atoms with Crippen molar-refractivity contribution in [1.82, 2.24) is 19.4 Å². The Balaban J connectivity index is 1.30. The Labute approximate surface area is 183 Å².